The van der Waals surface area contributed by atoms with E-state index < -0.39 is 0 Å². The lowest BCUT2D eigenvalue weighted by molar-refractivity contribution is 0.0946. The summed E-state index contributed by atoms with van der Waals surface area (Å²) in [6.07, 6.45) is 1.03. The van der Waals surface area contributed by atoms with Crippen molar-refractivity contribution in [2.45, 2.75) is 38.6 Å². The number of nitrogens with zero attached hydrogens (tertiary/aromatic N) is 1. The molecule has 0 spiro atoms. The van der Waals surface area contributed by atoms with Crippen LogP contribution in [-0.4, -0.2) is 43.2 Å². The molecule has 1 heterocycles. The first-order valence-corrected chi connectivity index (χ1v) is 7.80. The predicted octanol–water partition coefficient (Wildman–Crippen LogP) is 1.98. The van der Waals surface area contributed by atoms with Crippen molar-refractivity contribution in [2.24, 2.45) is 5.73 Å². The van der Waals surface area contributed by atoms with E-state index in [1.54, 1.807) is 0 Å². The van der Waals surface area contributed by atoms with Crippen LogP contribution in [0.25, 0.3) is 0 Å². The molecule has 1 aromatic carbocycles. The number of hydrogen-bond acceptors (Lipinski definition) is 3. The molecule has 0 saturated carbocycles. The maximum absolute atomic E-state index is 6.10. The Morgan fingerprint density at radius 3 is 2.30 bits per heavy atom. The highest BCUT2D eigenvalue weighted by atomic mass is 15.2. The Kier molecular flexibility index (Phi) is 5.19. The summed E-state index contributed by atoms with van der Waals surface area (Å²) in [5.74, 6) is 0.595. The summed E-state index contributed by atoms with van der Waals surface area (Å²) in [4.78, 5) is 2.54. The molecular formula is C17H29N3. The van der Waals surface area contributed by atoms with Crippen LogP contribution in [0.15, 0.2) is 24.3 Å². The van der Waals surface area contributed by atoms with Crippen LogP contribution in [0, 0.1) is 0 Å². The third kappa shape index (κ3) is 3.60. The average Bonchev–Trinajstić information content (AvgIpc) is 2.48. The summed E-state index contributed by atoms with van der Waals surface area (Å²) < 4.78 is 0. The van der Waals surface area contributed by atoms with E-state index in [4.69, 9.17) is 5.73 Å². The molecule has 0 radical (unpaired) electrons. The van der Waals surface area contributed by atoms with Gasteiger partial charge in [0.05, 0.1) is 0 Å². The quantitative estimate of drug-likeness (QED) is 0.863. The Morgan fingerprint density at radius 1 is 1.20 bits per heavy atom. The minimum absolute atomic E-state index is 0.0709. The Bertz CT molecular complexity index is 407. The first-order chi connectivity index (χ1) is 9.55. The molecule has 0 amide bonds. The van der Waals surface area contributed by atoms with Crippen LogP contribution in [-0.2, 0) is 6.42 Å². The fourth-order valence-electron chi connectivity index (χ4n) is 2.98. The van der Waals surface area contributed by atoms with Gasteiger partial charge in [0.1, 0.15) is 0 Å². The highest BCUT2D eigenvalue weighted by molar-refractivity contribution is 5.26. The van der Waals surface area contributed by atoms with Gasteiger partial charge in [-0.3, -0.25) is 4.90 Å². The zero-order chi connectivity index (χ0) is 14.6. The normalized spacial score (nSPS) is 20.1. The Balaban J connectivity index is 2.08. The lowest BCUT2D eigenvalue weighted by Gasteiger charge is -2.43. The van der Waals surface area contributed by atoms with Crippen molar-refractivity contribution >= 4 is 0 Å². The molecule has 1 atom stereocenters. The molecule has 3 heteroatoms. The topological polar surface area (TPSA) is 41.3 Å². The summed E-state index contributed by atoms with van der Waals surface area (Å²) in [7, 11) is 0. The number of nitrogens with two attached hydrogens (primary N) is 1. The zero-order valence-electron chi connectivity index (χ0n) is 13.2. The van der Waals surface area contributed by atoms with E-state index in [1.807, 2.05) is 0 Å². The van der Waals surface area contributed by atoms with Crippen LogP contribution in [0.4, 0.5) is 0 Å². The van der Waals surface area contributed by atoms with Crippen molar-refractivity contribution < 1.29 is 0 Å². The lowest BCUT2D eigenvalue weighted by Crippen LogP contribution is -2.59. The largest absolute Gasteiger partial charge is 0.329 e. The van der Waals surface area contributed by atoms with E-state index in [1.165, 1.54) is 11.1 Å². The van der Waals surface area contributed by atoms with Crippen molar-refractivity contribution in [3.05, 3.63) is 35.4 Å². The zero-order valence-corrected chi connectivity index (χ0v) is 13.2. The highest BCUT2D eigenvalue weighted by Gasteiger charge is 2.31. The Hall–Kier alpha value is -0.900. The van der Waals surface area contributed by atoms with Crippen molar-refractivity contribution in [1.29, 1.82) is 0 Å². The van der Waals surface area contributed by atoms with Crippen LogP contribution in [0.5, 0.6) is 0 Å². The number of hydrogen-bond donors (Lipinski definition) is 2. The van der Waals surface area contributed by atoms with E-state index in [0.29, 0.717) is 12.5 Å². The number of rotatable bonds is 5. The van der Waals surface area contributed by atoms with Crippen LogP contribution < -0.4 is 11.1 Å². The average molecular weight is 275 g/mol. The van der Waals surface area contributed by atoms with Gasteiger partial charge in [-0.15, -0.1) is 0 Å². The molecular weight excluding hydrogens is 246 g/mol. The van der Waals surface area contributed by atoms with E-state index in [2.05, 4.69) is 55.3 Å². The number of piperazine rings is 1. The first-order valence-electron chi connectivity index (χ1n) is 7.80. The third-order valence-corrected chi connectivity index (χ3v) is 4.55. The summed E-state index contributed by atoms with van der Waals surface area (Å²) in [5.41, 5.74) is 8.97. The van der Waals surface area contributed by atoms with Gasteiger partial charge in [-0.05, 0) is 30.4 Å². The van der Waals surface area contributed by atoms with Crippen molar-refractivity contribution in [1.82, 2.24) is 10.2 Å². The van der Waals surface area contributed by atoms with Crippen molar-refractivity contribution in [2.75, 3.05) is 32.7 Å². The fraction of sp³-hybridized carbons (Fsp3) is 0.647. The molecule has 1 fully saturated rings. The summed E-state index contributed by atoms with van der Waals surface area (Å²) in [6, 6.07) is 9.06. The maximum Gasteiger partial charge on any atom is 0.0344 e. The Labute approximate surface area is 123 Å². The standard InChI is InChI=1S/C17H29N3/c1-14(2)16-6-4-15(5-7-16)12-17(3,13-18)20-10-8-19-9-11-20/h4-7,14,19H,8-13,18H2,1-3H3. The summed E-state index contributed by atoms with van der Waals surface area (Å²) in [5, 5.41) is 3.41. The minimum Gasteiger partial charge on any atom is -0.329 e. The molecule has 0 aromatic heterocycles. The molecule has 2 rings (SSSR count). The Morgan fingerprint density at radius 2 is 1.80 bits per heavy atom. The van der Waals surface area contributed by atoms with Crippen LogP contribution in [0.3, 0.4) is 0 Å². The van der Waals surface area contributed by atoms with Gasteiger partial charge < -0.3 is 11.1 Å². The fourth-order valence-corrected chi connectivity index (χ4v) is 2.98. The van der Waals surface area contributed by atoms with Gasteiger partial charge >= 0.3 is 0 Å². The molecule has 1 unspecified atom stereocenters. The first kappa shape index (κ1) is 15.5. The van der Waals surface area contributed by atoms with E-state index >= 15 is 0 Å². The highest BCUT2D eigenvalue weighted by Crippen LogP contribution is 2.22. The van der Waals surface area contributed by atoms with Crippen LogP contribution >= 0.6 is 0 Å². The second-order valence-electron chi connectivity index (χ2n) is 6.51. The predicted molar refractivity (Wildman–Crippen MR) is 86.1 cm³/mol. The SMILES string of the molecule is CC(C)c1ccc(CC(C)(CN)N2CCNCC2)cc1. The van der Waals surface area contributed by atoms with Gasteiger partial charge in [-0.25, -0.2) is 0 Å². The summed E-state index contributed by atoms with van der Waals surface area (Å²) in [6.45, 7) is 11.8. The number of nitrogens with one attached hydrogen (secondary N) is 1. The van der Waals surface area contributed by atoms with Gasteiger partial charge in [-0.1, -0.05) is 38.1 Å². The van der Waals surface area contributed by atoms with E-state index in [9.17, 15) is 0 Å². The maximum atomic E-state index is 6.10. The van der Waals surface area contributed by atoms with Crippen molar-refractivity contribution in [3.63, 3.8) is 0 Å². The van der Waals surface area contributed by atoms with Gasteiger partial charge in [0.2, 0.25) is 0 Å². The summed E-state index contributed by atoms with van der Waals surface area (Å²) >= 11 is 0. The second kappa shape index (κ2) is 6.70. The molecule has 0 bridgehead atoms. The lowest BCUT2D eigenvalue weighted by atomic mass is 9.89. The molecule has 1 aliphatic heterocycles. The molecule has 1 aliphatic rings. The molecule has 3 N–H and O–H groups in total. The molecule has 0 aliphatic carbocycles. The molecule has 1 saturated heterocycles. The second-order valence-corrected chi connectivity index (χ2v) is 6.51. The van der Waals surface area contributed by atoms with E-state index in [0.717, 1.165) is 32.6 Å². The van der Waals surface area contributed by atoms with Crippen LogP contribution in [0.2, 0.25) is 0 Å². The van der Waals surface area contributed by atoms with Gasteiger partial charge in [0.15, 0.2) is 0 Å². The van der Waals surface area contributed by atoms with Crippen molar-refractivity contribution in [3.8, 4) is 0 Å². The molecule has 3 nitrogen and oxygen atoms in total. The monoisotopic (exact) mass is 275 g/mol. The van der Waals surface area contributed by atoms with E-state index in [-0.39, 0.29) is 5.54 Å². The van der Waals surface area contributed by atoms with Gasteiger partial charge in [0, 0.05) is 38.3 Å². The minimum atomic E-state index is 0.0709. The van der Waals surface area contributed by atoms with Gasteiger partial charge in [-0.2, -0.15) is 0 Å². The van der Waals surface area contributed by atoms with Gasteiger partial charge in [0.25, 0.3) is 0 Å². The molecule has 112 valence electrons. The third-order valence-electron chi connectivity index (χ3n) is 4.55. The molecule has 20 heavy (non-hydrogen) atoms. The molecule has 1 aromatic rings. The smallest absolute Gasteiger partial charge is 0.0344 e. The number of benzene rings is 1. The van der Waals surface area contributed by atoms with Crippen LogP contribution in [0.1, 0.15) is 37.8 Å².